The Labute approximate surface area is 147 Å². The predicted molar refractivity (Wildman–Crippen MR) is 100 cm³/mol. The smallest absolute Gasteiger partial charge is 0.242 e. The average molecular weight is 341 g/mol. The van der Waals surface area contributed by atoms with Gasteiger partial charge in [0.25, 0.3) is 0 Å². The third kappa shape index (κ3) is 8.49. The lowest BCUT2D eigenvalue weighted by Gasteiger charge is -2.36. The summed E-state index contributed by atoms with van der Waals surface area (Å²) in [6.45, 7) is 16.3. The van der Waals surface area contributed by atoms with Crippen LogP contribution in [0.15, 0.2) is 4.99 Å². The summed E-state index contributed by atoms with van der Waals surface area (Å²) in [5.41, 5.74) is -0.228. The number of amides is 1. The highest BCUT2D eigenvalue weighted by molar-refractivity contribution is 5.85. The highest BCUT2D eigenvalue weighted by Crippen LogP contribution is 2.04. The van der Waals surface area contributed by atoms with Gasteiger partial charge in [-0.15, -0.1) is 0 Å². The third-order valence-corrected chi connectivity index (χ3v) is 3.97. The molecule has 0 bridgehead atoms. The molecule has 140 valence electrons. The number of carbonyl (C=O) groups is 1. The van der Waals surface area contributed by atoms with Gasteiger partial charge in [0.1, 0.15) is 6.54 Å². The van der Waals surface area contributed by atoms with Crippen LogP contribution in [0.25, 0.3) is 0 Å². The Morgan fingerprint density at radius 3 is 2.33 bits per heavy atom. The number of carbonyl (C=O) groups excluding carboxylic acids is 1. The first-order valence-electron chi connectivity index (χ1n) is 8.97. The molecule has 0 aliphatic carbocycles. The molecule has 1 fully saturated rings. The quantitative estimate of drug-likeness (QED) is 0.472. The fraction of sp³-hybridized carbons (Fsp3) is 0.882. The fourth-order valence-corrected chi connectivity index (χ4v) is 2.59. The first kappa shape index (κ1) is 20.7. The van der Waals surface area contributed by atoms with Crippen molar-refractivity contribution in [3.63, 3.8) is 0 Å². The molecule has 0 radical (unpaired) electrons. The molecule has 1 atom stereocenters. The number of nitrogens with one attached hydrogen (secondary N) is 3. The molecule has 1 amide bonds. The fourth-order valence-electron chi connectivity index (χ4n) is 2.59. The lowest BCUT2D eigenvalue weighted by molar-refractivity contribution is -0.121. The lowest BCUT2D eigenvalue weighted by Crippen LogP contribution is -2.52. The number of hydrogen-bond donors (Lipinski definition) is 3. The van der Waals surface area contributed by atoms with E-state index < -0.39 is 0 Å². The van der Waals surface area contributed by atoms with E-state index in [-0.39, 0.29) is 18.0 Å². The Morgan fingerprint density at radius 1 is 1.17 bits per heavy atom. The standard InChI is InChI=1S/C17H36N6O/c1-7-18-16(20-13-15(24)21-17(3,4)5)19-12-14(2)23-10-8-22(6)9-11-23/h14H,7-13H2,1-6H3,(H,21,24)(H2,18,19,20). The van der Waals surface area contributed by atoms with E-state index in [1.54, 1.807) is 0 Å². The second kappa shape index (κ2) is 9.84. The average Bonchev–Trinajstić information content (AvgIpc) is 2.48. The van der Waals surface area contributed by atoms with E-state index in [0.29, 0.717) is 12.0 Å². The predicted octanol–water partition coefficient (Wildman–Crippen LogP) is 0.0921. The van der Waals surface area contributed by atoms with Crippen molar-refractivity contribution in [2.24, 2.45) is 4.99 Å². The summed E-state index contributed by atoms with van der Waals surface area (Å²) in [4.78, 5) is 21.1. The minimum atomic E-state index is -0.228. The van der Waals surface area contributed by atoms with Gasteiger partial charge in [-0.25, -0.2) is 4.99 Å². The minimum Gasteiger partial charge on any atom is -0.357 e. The Balaban J connectivity index is 2.44. The molecule has 7 heteroatoms. The summed E-state index contributed by atoms with van der Waals surface area (Å²) >= 11 is 0. The molecule has 1 aliphatic rings. The van der Waals surface area contributed by atoms with Crippen LogP contribution in [0, 0.1) is 0 Å². The molecule has 1 rings (SSSR count). The van der Waals surface area contributed by atoms with Crippen LogP contribution < -0.4 is 16.0 Å². The first-order valence-corrected chi connectivity index (χ1v) is 8.97. The highest BCUT2D eigenvalue weighted by atomic mass is 16.2. The second-order valence-corrected chi connectivity index (χ2v) is 7.56. The molecule has 1 heterocycles. The summed E-state index contributed by atoms with van der Waals surface area (Å²) in [5.74, 6) is 0.634. The van der Waals surface area contributed by atoms with E-state index in [2.05, 4.69) is 44.7 Å². The number of piperazine rings is 1. The van der Waals surface area contributed by atoms with Gasteiger partial charge in [0.2, 0.25) is 5.91 Å². The molecule has 1 aliphatic heterocycles. The summed E-state index contributed by atoms with van der Waals surface area (Å²) in [5, 5.41) is 9.47. The maximum absolute atomic E-state index is 11.9. The molecule has 1 unspecified atom stereocenters. The van der Waals surface area contributed by atoms with E-state index in [9.17, 15) is 4.79 Å². The van der Waals surface area contributed by atoms with E-state index in [4.69, 9.17) is 0 Å². The van der Waals surface area contributed by atoms with Crippen molar-refractivity contribution in [1.82, 2.24) is 25.8 Å². The SMILES string of the molecule is CCNC(=NCC(=O)NC(C)(C)C)NCC(C)N1CCN(C)CC1. The second-order valence-electron chi connectivity index (χ2n) is 7.56. The molecule has 0 aromatic rings. The van der Waals surface area contributed by atoms with Gasteiger partial charge < -0.3 is 20.9 Å². The van der Waals surface area contributed by atoms with Gasteiger partial charge in [0, 0.05) is 50.8 Å². The van der Waals surface area contributed by atoms with Crippen LogP contribution in [0.2, 0.25) is 0 Å². The van der Waals surface area contributed by atoms with Crippen LogP contribution in [0.4, 0.5) is 0 Å². The van der Waals surface area contributed by atoms with Crippen LogP contribution in [0.3, 0.4) is 0 Å². The highest BCUT2D eigenvalue weighted by Gasteiger charge is 2.19. The topological polar surface area (TPSA) is 72.0 Å². The summed E-state index contributed by atoms with van der Waals surface area (Å²) in [6, 6.07) is 0.436. The van der Waals surface area contributed by atoms with Crippen molar-refractivity contribution in [3.05, 3.63) is 0 Å². The van der Waals surface area contributed by atoms with Crippen LogP contribution in [0.1, 0.15) is 34.6 Å². The zero-order valence-electron chi connectivity index (χ0n) is 16.3. The van der Waals surface area contributed by atoms with Gasteiger partial charge >= 0.3 is 0 Å². The van der Waals surface area contributed by atoms with Gasteiger partial charge in [0.05, 0.1) is 0 Å². The van der Waals surface area contributed by atoms with Crippen molar-refractivity contribution in [1.29, 1.82) is 0 Å². The van der Waals surface area contributed by atoms with Crippen molar-refractivity contribution in [2.45, 2.75) is 46.2 Å². The van der Waals surface area contributed by atoms with E-state index >= 15 is 0 Å². The molecule has 0 aromatic carbocycles. The first-order chi connectivity index (χ1) is 11.2. The van der Waals surface area contributed by atoms with Crippen molar-refractivity contribution in [2.75, 3.05) is 52.9 Å². The van der Waals surface area contributed by atoms with E-state index in [1.165, 1.54) is 0 Å². The van der Waals surface area contributed by atoms with Crippen LogP contribution in [0.5, 0.6) is 0 Å². The molecule has 0 aromatic heterocycles. The maximum Gasteiger partial charge on any atom is 0.242 e. The monoisotopic (exact) mass is 340 g/mol. The summed E-state index contributed by atoms with van der Waals surface area (Å²) in [6.07, 6.45) is 0. The maximum atomic E-state index is 11.9. The number of aliphatic imine (C=N–C) groups is 1. The molecule has 1 saturated heterocycles. The number of guanidine groups is 1. The Morgan fingerprint density at radius 2 is 1.79 bits per heavy atom. The minimum absolute atomic E-state index is 0.0631. The molecule has 24 heavy (non-hydrogen) atoms. The zero-order chi connectivity index (χ0) is 18.2. The number of nitrogens with zero attached hydrogens (tertiary/aromatic N) is 3. The lowest BCUT2D eigenvalue weighted by atomic mass is 10.1. The van der Waals surface area contributed by atoms with Crippen molar-refractivity contribution < 1.29 is 4.79 Å². The van der Waals surface area contributed by atoms with Gasteiger partial charge in [-0.3, -0.25) is 9.69 Å². The van der Waals surface area contributed by atoms with Crippen molar-refractivity contribution >= 4 is 11.9 Å². The number of likely N-dealkylation sites (N-methyl/N-ethyl adjacent to an activating group) is 1. The molecular formula is C17H36N6O. The van der Waals surface area contributed by atoms with Gasteiger partial charge in [-0.1, -0.05) is 0 Å². The Kier molecular flexibility index (Phi) is 8.48. The van der Waals surface area contributed by atoms with Crippen LogP contribution in [-0.2, 0) is 4.79 Å². The van der Waals surface area contributed by atoms with E-state index in [0.717, 1.165) is 39.3 Å². The van der Waals surface area contributed by atoms with Gasteiger partial charge in [-0.05, 0) is 41.7 Å². The van der Waals surface area contributed by atoms with E-state index in [1.807, 2.05) is 27.7 Å². The van der Waals surface area contributed by atoms with Gasteiger partial charge in [0.15, 0.2) is 5.96 Å². The van der Waals surface area contributed by atoms with Crippen molar-refractivity contribution in [3.8, 4) is 0 Å². The third-order valence-electron chi connectivity index (χ3n) is 3.97. The molecule has 0 spiro atoms. The largest absolute Gasteiger partial charge is 0.357 e. The normalized spacial score (nSPS) is 19.0. The Bertz CT molecular complexity index is 410. The molecular weight excluding hydrogens is 304 g/mol. The molecule has 0 saturated carbocycles. The van der Waals surface area contributed by atoms with Gasteiger partial charge in [-0.2, -0.15) is 0 Å². The number of hydrogen-bond acceptors (Lipinski definition) is 4. The van der Waals surface area contributed by atoms with Crippen LogP contribution in [-0.4, -0.2) is 86.1 Å². The number of rotatable bonds is 6. The summed E-state index contributed by atoms with van der Waals surface area (Å²) < 4.78 is 0. The Hall–Kier alpha value is -1.34. The zero-order valence-corrected chi connectivity index (χ0v) is 16.3. The molecule has 3 N–H and O–H groups in total. The molecule has 7 nitrogen and oxygen atoms in total. The summed E-state index contributed by atoms with van der Waals surface area (Å²) in [7, 11) is 2.17. The van der Waals surface area contributed by atoms with Crippen LogP contribution >= 0.6 is 0 Å².